The Bertz CT molecular complexity index is 552. The van der Waals surface area contributed by atoms with Crippen LogP contribution in [0.25, 0.3) is 0 Å². The first-order valence-corrected chi connectivity index (χ1v) is 7.14. The number of aryl methyl sites for hydroxylation is 1. The van der Waals surface area contributed by atoms with Crippen molar-refractivity contribution in [3.8, 4) is 0 Å². The van der Waals surface area contributed by atoms with Gasteiger partial charge in [0.1, 0.15) is 5.60 Å². The highest BCUT2D eigenvalue weighted by atomic mass is 19.2. The standard InChI is InChI=1S/C16H21F2NO2/c1-9(19-15(20)21-16(2,3)4)11-6-5-10-7-13(17)14(18)8-12(10)11/h7-9,11H,5-6H2,1-4H3,(H,19,20). The van der Waals surface area contributed by atoms with Crippen LogP contribution in [0.4, 0.5) is 13.6 Å². The largest absolute Gasteiger partial charge is 0.444 e. The Kier molecular flexibility index (Phi) is 4.21. The first-order chi connectivity index (χ1) is 9.67. The number of nitrogens with one attached hydrogen (secondary N) is 1. The van der Waals surface area contributed by atoms with Gasteiger partial charge in [-0.25, -0.2) is 13.6 Å². The second kappa shape index (κ2) is 5.62. The molecule has 2 unspecified atom stereocenters. The summed E-state index contributed by atoms with van der Waals surface area (Å²) in [6, 6.07) is 2.30. The minimum atomic E-state index is -0.842. The average molecular weight is 297 g/mol. The lowest BCUT2D eigenvalue weighted by atomic mass is 9.94. The summed E-state index contributed by atoms with van der Waals surface area (Å²) in [5.41, 5.74) is 1.03. The molecule has 1 N–H and O–H groups in total. The number of rotatable bonds is 2. The first kappa shape index (κ1) is 15.7. The third-order valence-corrected chi connectivity index (χ3v) is 3.65. The van der Waals surface area contributed by atoms with Crippen molar-refractivity contribution in [3.05, 3.63) is 34.9 Å². The summed E-state index contributed by atoms with van der Waals surface area (Å²) in [5.74, 6) is -1.69. The summed E-state index contributed by atoms with van der Waals surface area (Å²) in [4.78, 5) is 11.8. The third kappa shape index (κ3) is 3.71. The summed E-state index contributed by atoms with van der Waals surface area (Å²) in [5, 5.41) is 2.78. The van der Waals surface area contributed by atoms with Gasteiger partial charge in [0.05, 0.1) is 0 Å². The van der Waals surface area contributed by atoms with E-state index in [2.05, 4.69) is 5.32 Å². The topological polar surface area (TPSA) is 38.3 Å². The molecular weight excluding hydrogens is 276 g/mol. The number of carbonyl (C=O) groups excluding carboxylic acids is 1. The number of hydrogen-bond donors (Lipinski definition) is 1. The van der Waals surface area contributed by atoms with Crippen LogP contribution in [0.15, 0.2) is 12.1 Å². The highest BCUT2D eigenvalue weighted by Crippen LogP contribution is 2.36. The van der Waals surface area contributed by atoms with Crippen molar-refractivity contribution in [1.82, 2.24) is 5.32 Å². The predicted octanol–water partition coefficient (Wildman–Crippen LogP) is 3.91. The Balaban J connectivity index is 2.08. The van der Waals surface area contributed by atoms with E-state index in [0.717, 1.165) is 17.5 Å². The minimum Gasteiger partial charge on any atom is -0.444 e. The van der Waals surface area contributed by atoms with Crippen LogP contribution in [-0.2, 0) is 11.2 Å². The van der Waals surface area contributed by atoms with Crippen LogP contribution in [0.1, 0.15) is 51.2 Å². The Morgan fingerprint density at radius 2 is 1.95 bits per heavy atom. The van der Waals surface area contributed by atoms with E-state index in [1.807, 2.05) is 6.92 Å². The molecule has 0 fully saturated rings. The number of halogens is 2. The van der Waals surface area contributed by atoms with E-state index >= 15 is 0 Å². The molecule has 5 heteroatoms. The SMILES string of the molecule is CC(NC(=O)OC(C)(C)C)C1CCc2cc(F)c(F)cc21. The van der Waals surface area contributed by atoms with Crippen LogP contribution in [0.5, 0.6) is 0 Å². The summed E-state index contributed by atoms with van der Waals surface area (Å²) >= 11 is 0. The molecule has 0 heterocycles. The summed E-state index contributed by atoms with van der Waals surface area (Å²) in [6.45, 7) is 7.23. The number of carbonyl (C=O) groups is 1. The fourth-order valence-electron chi connectivity index (χ4n) is 2.74. The van der Waals surface area contributed by atoms with Gasteiger partial charge < -0.3 is 10.1 Å². The van der Waals surface area contributed by atoms with E-state index in [9.17, 15) is 13.6 Å². The molecule has 2 atom stereocenters. The van der Waals surface area contributed by atoms with Gasteiger partial charge in [-0.05, 0) is 63.8 Å². The van der Waals surface area contributed by atoms with Gasteiger partial charge in [-0.15, -0.1) is 0 Å². The lowest BCUT2D eigenvalue weighted by molar-refractivity contribution is 0.0501. The lowest BCUT2D eigenvalue weighted by Gasteiger charge is -2.25. The Hall–Kier alpha value is -1.65. The normalized spacial score (nSPS) is 19.0. The van der Waals surface area contributed by atoms with E-state index in [-0.39, 0.29) is 12.0 Å². The molecule has 116 valence electrons. The number of ether oxygens (including phenoxy) is 1. The molecule has 1 aliphatic carbocycles. The summed E-state index contributed by atoms with van der Waals surface area (Å²) < 4.78 is 31.9. The van der Waals surface area contributed by atoms with Crippen molar-refractivity contribution < 1.29 is 18.3 Å². The zero-order chi connectivity index (χ0) is 15.8. The van der Waals surface area contributed by atoms with Crippen molar-refractivity contribution in [2.75, 3.05) is 0 Å². The van der Waals surface area contributed by atoms with Crippen molar-refractivity contribution in [2.45, 2.75) is 58.1 Å². The Morgan fingerprint density at radius 1 is 1.33 bits per heavy atom. The second-order valence-corrected chi connectivity index (χ2v) is 6.55. The number of hydrogen-bond acceptors (Lipinski definition) is 2. The van der Waals surface area contributed by atoms with Crippen LogP contribution in [-0.4, -0.2) is 17.7 Å². The van der Waals surface area contributed by atoms with Crippen LogP contribution >= 0.6 is 0 Å². The smallest absolute Gasteiger partial charge is 0.407 e. The molecule has 1 amide bonds. The molecule has 0 spiro atoms. The average Bonchev–Trinajstić information content (AvgIpc) is 2.69. The molecule has 1 aromatic carbocycles. The van der Waals surface area contributed by atoms with Gasteiger partial charge >= 0.3 is 6.09 Å². The molecule has 0 saturated carbocycles. The summed E-state index contributed by atoms with van der Waals surface area (Å²) in [7, 11) is 0. The Morgan fingerprint density at radius 3 is 2.57 bits per heavy atom. The van der Waals surface area contributed by atoms with Gasteiger partial charge in [-0.3, -0.25) is 0 Å². The monoisotopic (exact) mass is 297 g/mol. The zero-order valence-corrected chi connectivity index (χ0v) is 12.8. The van der Waals surface area contributed by atoms with E-state index in [1.54, 1.807) is 20.8 Å². The molecule has 0 bridgehead atoms. The summed E-state index contributed by atoms with van der Waals surface area (Å²) in [6.07, 6.45) is 0.957. The molecule has 1 aromatic rings. The second-order valence-electron chi connectivity index (χ2n) is 6.55. The van der Waals surface area contributed by atoms with E-state index in [0.29, 0.717) is 6.42 Å². The van der Waals surface area contributed by atoms with Crippen molar-refractivity contribution in [2.24, 2.45) is 0 Å². The number of fused-ring (bicyclic) bond motifs is 1. The predicted molar refractivity (Wildman–Crippen MR) is 76.3 cm³/mol. The maximum Gasteiger partial charge on any atom is 0.407 e. The highest BCUT2D eigenvalue weighted by Gasteiger charge is 2.30. The first-order valence-electron chi connectivity index (χ1n) is 7.14. The van der Waals surface area contributed by atoms with Gasteiger partial charge in [0.2, 0.25) is 0 Å². The maximum absolute atomic E-state index is 13.4. The fraction of sp³-hybridized carbons (Fsp3) is 0.562. The van der Waals surface area contributed by atoms with E-state index < -0.39 is 23.3 Å². The van der Waals surface area contributed by atoms with Gasteiger partial charge in [-0.1, -0.05) is 0 Å². The van der Waals surface area contributed by atoms with Crippen LogP contribution in [0.3, 0.4) is 0 Å². The van der Waals surface area contributed by atoms with Crippen molar-refractivity contribution in [1.29, 1.82) is 0 Å². The third-order valence-electron chi connectivity index (χ3n) is 3.65. The number of alkyl carbamates (subject to hydrolysis) is 1. The highest BCUT2D eigenvalue weighted by molar-refractivity contribution is 5.68. The molecule has 1 aliphatic rings. The molecule has 0 aliphatic heterocycles. The zero-order valence-electron chi connectivity index (χ0n) is 12.8. The fourth-order valence-corrected chi connectivity index (χ4v) is 2.74. The van der Waals surface area contributed by atoms with Crippen LogP contribution in [0.2, 0.25) is 0 Å². The van der Waals surface area contributed by atoms with Crippen LogP contribution in [0, 0.1) is 11.6 Å². The molecule has 0 aromatic heterocycles. The lowest BCUT2D eigenvalue weighted by Crippen LogP contribution is -2.40. The molecule has 0 saturated heterocycles. The van der Waals surface area contributed by atoms with E-state index in [1.165, 1.54) is 12.1 Å². The number of benzene rings is 1. The van der Waals surface area contributed by atoms with Crippen molar-refractivity contribution >= 4 is 6.09 Å². The Labute approximate surface area is 123 Å². The van der Waals surface area contributed by atoms with Gasteiger partial charge in [0, 0.05) is 12.0 Å². The number of amides is 1. The van der Waals surface area contributed by atoms with E-state index in [4.69, 9.17) is 4.74 Å². The maximum atomic E-state index is 13.4. The molecule has 2 rings (SSSR count). The quantitative estimate of drug-likeness (QED) is 0.899. The molecule has 3 nitrogen and oxygen atoms in total. The minimum absolute atomic E-state index is 0.0254. The van der Waals surface area contributed by atoms with Gasteiger partial charge in [0.25, 0.3) is 0 Å². The van der Waals surface area contributed by atoms with Crippen LogP contribution < -0.4 is 5.32 Å². The van der Waals surface area contributed by atoms with Crippen molar-refractivity contribution in [3.63, 3.8) is 0 Å². The van der Waals surface area contributed by atoms with Gasteiger partial charge in [-0.2, -0.15) is 0 Å². The molecule has 0 radical (unpaired) electrons. The van der Waals surface area contributed by atoms with Gasteiger partial charge in [0.15, 0.2) is 11.6 Å². The molecule has 21 heavy (non-hydrogen) atoms. The molecular formula is C16H21F2NO2.